The molecule has 64 heavy (non-hydrogen) atoms. The molecule has 1 saturated heterocycles. The molecule has 1 heterocycles. The maximum Gasteiger partial charge on any atom is 0.323 e. The van der Waals surface area contributed by atoms with Crippen molar-refractivity contribution in [3.05, 3.63) is 65.7 Å². The first-order valence-electron chi connectivity index (χ1n) is 23.4. The van der Waals surface area contributed by atoms with Crippen LogP contribution < -0.4 is 16.0 Å². The molecule has 1 aliphatic heterocycles. The third-order valence-corrected chi connectivity index (χ3v) is 13.2. The number of nitrogens with one attached hydrogen (secondary N) is 3. The van der Waals surface area contributed by atoms with Crippen LogP contribution in [0.2, 0.25) is 0 Å². The van der Waals surface area contributed by atoms with Gasteiger partial charge in [0.25, 0.3) is 0 Å². The highest BCUT2D eigenvalue weighted by Gasteiger charge is 2.43. The summed E-state index contributed by atoms with van der Waals surface area (Å²) >= 11 is 0. The van der Waals surface area contributed by atoms with Gasteiger partial charge < -0.3 is 39.8 Å². The fourth-order valence-electron chi connectivity index (χ4n) is 9.41. The molecule has 2 aromatic rings. The molecule has 360 valence electrons. The summed E-state index contributed by atoms with van der Waals surface area (Å²) in [5.74, 6) is -1.48. The van der Waals surface area contributed by atoms with Gasteiger partial charge in [-0.1, -0.05) is 97.4 Å². The number of ether oxygens (including phenoxy) is 3. The van der Waals surface area contributed by atoms with E-state index in [9.17, 15) is 24.3 Å². The number of amides is 3. The molecule has 0 aliphatic carbocycles. The second kappa shape index (κ2) is 26.8. The molecule has 1 unspecified atom stereocenters. The van der Waals surface area contributed by atoms with Crippen molar-refractivity contribution in [2.24, 2.45) is 23.7 Å². The molecular formula is C50H82N6O8. The zero-order chi connectivity index (χ0) is 47.7. The first kappa shape index (κ1) is 54.3. The van der Waals surface area contributed by atoms with Crippen LogP contribution in [-0.4, -0.2) is 148 Å². The smallest absolute Gasteiger partial charge is 0.323 e. The monoisotopic (exact) mass is 895 g/mol. The number of nitrogens with zero attached hydrogens (tertiary/aromatic N) is 3. The first-order chi connectivity index (χ1) is 30.4. The van der Waals surface area contributed by atoms with Crippen molar-refractivity contribution in [2.75, 3.05) is 60.9 Å². The van der Waals surface area contributed by atoms with Gasteiger partial charge in [-0.05, 0) is 80.2 Å². The second-order valence-electron chi connectivity index (χ2n) is 18.6. The van der Waals surface area contributed by atoms with E-state index in [-0.39, 0.29) is 47.9 Å². The molecule has 14 nitrogen and oxygen atoms in total. The molecule has 1 fully saturated rings. The second-order valence-corrected chi connectivity index (χ2v) is 18.6. The van der Waals surface area contributed by atoms with Crippen LogP contribution in [0, 0.1) is 23.7 Å². The number of hydrogen-bond donors (Lipinski definition) is 4. The van der Waals surface area contributed by atoms with Crippen molar-refractivity contribution in [2.45, 2.75) is 142 Å². The van der Waals surface area contributed by atoms with Gasteiger partial charge in [-0.15, -0.1) is 0 Å². The van der Waals surface area contributed by atoms with Gasteiger partial charge in [0, 0.05) is 53.0 Å². The molecule has 4 N–H and O–H groups in total. The van der Waals surface area contributed by atoms with E-state index in [1.54, 1.807) is 26.2 Å². The highest BCUT2D eigenvalue weighted by Crippen LogP contribution is 2.30. The predicted molar refractivity (Wildman–Crippen MR) is 254 cm³/mol. The summed E-state index contributed by atoms with van der Waals surface area (Å²) in [5, 5.41) is 20.9. The number of aliphatic hydroxyl groups is 1. The number of carbonyl (C=O) groups excluding carboxylic acids is 4. The molecule has 1 aliphatic rings. The highest BCUT2D eigenvalue weighted by molar-refractivity contribution is 5.90. The van der Waals surface area contributed by atoms with Crippen molar-refractivity contribution in [1.29, 1.82) is 0 Å². The van der Waals surface area contributed by atoms with Crippen molar-refractivity contribution in [3.8, 4) is 0 Å². The van der Waals surface area contributed by atoms with Crippen molar-refractivity contribution in [1.82, 2.24) is 25.3 Å². The zero-order valence-corrected chi connectivity index (χ0v) is 41.1. The Hall–Kier alpha value is -4.08. The van der Waals surface area contributed by atoms with Crippen LogP contribution in [0.5, 0.6) is 0 Å². The van der Waals surface area contributed by atoms with Gasteiger partial charge in [-0.3, -0.25) is 29.4 Å². The Morgan fingerprint density at radius 2 is 1.55 bits per heavy atom. The molecule has 10 atom stereocenters. The lowest BCUT2D eigenvalue weighted by Gasteiger charge is -2.41. The summed E-state index contributed by atoms with van der Waals surface area (Å²) in [6.07, 6.45) is 1.37. The van der Waals surface area contributed by atoms with Crippen LogP contribution in [0.3, 0.4) is 0 Å². The van der Waals surface area contributed by atoms with Crippen LogP contribution in [0.1, 0.15) is 91.7 Å². The number of anilines is 1. The average molecular weight is 895 g/mol. The van der Waals surface area contributed by atoms with E-state index in [1.807, 2.05) is 96.1 Å². The van der Waals surface area contributed by atoms with E-state index >= 15 is 0 Å². The quantitative estimate of drug-likeness (QED) is 0.0675. The molecule has 0 saturated carbocycles. The summed E-state index contributed by atoms with van der Waals surface area (Å²) in [7, 11) is 10.1. The Balaban J connectivity index is 1.78. The number of benzene rings is 2. The highest BCUT2D eigenvalue weighted by atomic mass is 16.5. The van der Waals surface area contributed by atoms with Gasteiger partial charge in [0.1, 0.15) is 18.3 Å². The van der Waals surface area contributed by atoms with Gasteiger partial charge >= 0.3 is 5.97 Å². The molecule has 2 aromatic carbocycles. The predicted octanol–water partition coefficient (Wildman–Crippen LogP) is 5.37. The van der Waals surface area contributed by atoms with Gasteiger partial charge in [0.05, 0.1) is 43.9 Å². The number of aliphatic hydroxyl groups excluding tert-OH is 1. The van der Waals surface area contributed by atoms with Gasteiger partial charge in [0.15, 0.2) is 0 Å². The minimum Gasteiger partial charge on any atom is -0.468 e. The van der Waals surface area contributed by atoms with E-state index in [0.717, 1.165) is 30.5 Å². The lowest BCUT2D eigenvalue weighted by Crippen LogP contribution is -2.59. The lowest BCUT2D eigenvalue weighted by atomic mass is 9.89. The van der Waals surface area contributed by atoms with Gasteiger partial charge in [0.2, 0.25) is 17.7 Å². The summed E-state index contributed by atoms with van der Waals surface area (Å²) in [6.45, 7) is 15.3. The maximum atomic E-state index is 14.7. The van der Waals surface area contributed by atoms with Crippen LogP contribution in [0.25, 0.3) is 0 Å². The summed E-state index contributed by atoms with van der Waals surface area (Å²) in [4.78, 5) is 61.7. The van der Waals surface area contributed by atoms with E-state index in [1.165, 1.54) is 12.7 Å². The Morgan fingerprint density at radius 3 is 2.09 bits per heavy atom. The molecule has 0 radical (unpaired) electrons. The topological polar surface area (TPSA) is 162 Å². The molecule has 0 spiro atoms. The Labute approximate surface area is 384 Å². The average Bonchev–Trinajstić information content (AvgIpc) is 3.77. The first-order valence-corrected chi connectivity index (χ1v) is 23.4. The van der Waals surface area contributed by atoms with Gasteiger partial charge in [-0.2, -0.15) is 0 Å². The fraction of sp³-hybridized carbons (Fsp3) is 0.680. The van der Waals surface area contributed by atoms with Crippen molar-refractivity contribution >= 4 is 29.4 Å². The zero-order valence-electron chi connectivity index (χ0n) is 41.1. The van der Waals surface area contributed by atoms with Crippen molar-refractivity contribution < 1.29 is 38.5 Å². The number of methoxy groups -OCH3 is 3. The number of likely N-dealkylation sites (N-methyl/N-ethyl adjacent to an activating group) is 2. The number of carbonyl (C=O) groups is 4. The molecule has 0 bridgehead atoms. The van der Waals surface area contributed by atoms with E-state index in [4.69, 9.17) is 14.2 Å². The Kier molecular flexibility index (Phi) is 22.7. The third kappa shape index (κ3) is 15.3. The van der Waals surface area contributed by atoms with Crippen molar-refractivity contribution in [3.63, 3.8) is 0 Å². The van der Waals surface area contributed by atoms with E-state index < -0.39 is 54.5 Å². The molecule has 0 aromatic heterocycles. The largest absolute Gasteiger partial charge is 0.468 e. The number of hydrogen-bond acceptors (Lipinski definition) is 11. The summed E-state index contributed by atoms with van der Waals surface area (Å²) in [6, 6.07) is 14.9. The Morgan fingerprint density at radius 1 is 0.891 bits per heavy atom. The van der Waals surface area contributed by atoms with Gasteiger partial charge in [-0.25, -0.2) is 0 Å². The summed E-state index contributed by atoms with van der Waals surface area (Å²) < 4.78 is 17.2. The molecular weight excluding hydrogens is 813 g/mol. The standard InChI is InChI=1S/C50H82N6O8/c1-14-34(6)45(55(10)49(60)39(29-32(2)3)52-48(59)44(33(4)5)54(9)28-26-36-22-24-38(51-8)25-23-36)42(62-11)31-43(57)56-27-18-21-41(56)46(63-12)35(7)47(58)53-40(50(61)64-13)30-37-19-16-15-17-20-37/h15-17,19-20,22-25,32-35,39-42,44-47,51,53,58H,14,18,21,26-31H2,1-13H3,(H,52,59)/t34-,35+,39-,40-,41-,42+,44-,45-,46+,47?/m0/s1. The maximum absolute atomic E-state index is 14.7. The lowest BCUT2D eigenvalue weighted by molar-refractivity contribution is -0.148. The van der Waals surface area contributed by atoms with Crippen LogP contribution in [-0.2, 0) is 46.2 Å². The number of likely N-dealkylation sites (tertiary alicyclic amines) is 1. The third-order valence-electron chi connectivity index (χ3n) is 13.2. The van der Waals surface area contributed by atoms with E-state index in [2.05, 4.69) is 46.8 Å². The molecule has 3 amide bonds. The minimum atomic E-state index is -1.15. The molecule has 14 heteroatoms. The molecule has 3 rings (SSSR count). The van der Waals surface area contributed by atoms with Crippen LogP contribution >= 0.6 is 0 Å². The fourth-order valence-corrected chi connectivity index (χ4v) is 9.41. The minimum absolute atomic E-state index is 0.00741. The normalized spacial score (nSPS) is 18.5. The summed E-state index contributed by atoms with van der Waals surface area (Å²) in [5.41, 5.74) is 3.13. The number of esters is 1. The SMILES string of the molecule is CC[C@H](C)[C@@H]([C@@H](CC(=O)N1CCC[C@H]1[C@H](OC)[C@@H](C)C(O)N[C@@H](Cc1ccccc1)C(=O)OC)OC)N(C)C(=O)[C@H](CC(C)C)NC(=O)[C@H](C(C)C)N(C)CCc1ccc(NC)cc1. The Bertz CT molecular complexity index is 1710. The van der Waals surface area contributed by atoms with Crippen LogP contribution in [0.15, 0.2) is 54.6 Å². The van der Waals surface area contributed by atoms with E-state index in [0.29, 0.717) is 32.4 Å². The van der Waals surface area contributed by atoms with Crippen LogP contribution in [0.4, 0.5) is 5.69 Å². The number of rotatable bonds is 27.